The molecule has 1 amide bonds. The first kappa shape index (κ1) is 17.0. The standard InChI is InChI=1S/C16H19N3O4.ClH/c20-15(19-8-12-10-23-16(21)13(12)9-19)11-1-2-14(17-7-11)18-3-5-22-6-4-18;/h1-2,7,12-13H,3-6,8-10H2;1H/t12-,13-;/m1./s1. The van der Waals surface area contributed by atoms with Gasteiger partial charge in [-0.05, 0) is 12.1 Å². The van der Waals surface area contributed by atoms with Gasteiger partial charge in [-0.15, -0.1) is 12.4 Å². The van der Waals surface area contributed by atoms with Gasteiger partial charge in [0.15, 0.2) is 0 Å². The predicted molar refractivity (Wildman–Crippen MR) is 88.4 cm³/mol. The van der Waals surface area contributed by atoms with Gasteiger partial charge in [-0.2, -0.15) is 0 Å². The van der Waals surface area contributed by atoms with Gasteiger partial charge in [0.2, 0.25) is 0 Å². The molecule has 24 heavy (non-hydrogen) atoms. The summed E-state index contributed by atoms with van der Waals surface area (Å²) in [6.07, 6.45) is 1.62. The molecule has 8 heteroatoms. The topological polar surface area (TPSA) is 72.0 Å². The number of cyclic esters (lactones) is 1. The first-order valence-electron chi connectivity index (χ1n) is 7.97. The predicted octanol–water partition coefficient (Wildman–Crippen LogP) is 0.585. The second-order valence-electron chi connectivity index (χ2n) is 6.21. The molecule has 0 saturated carbocycles. The molecule has 3 aliphatic rings. The molecular weight excluding hydrogens is 334 g/mol. The summed E-state index contributed by atoms with van der Waals surface area (Å²) < 4.78 is 10.4. The van der Waals surface area contributed by atoms with Crippen LogP contribution in [0.15, 0.2) is 18.3 Å². The van der Waals surface area contributed by atoms with Crippen LogP contribution in [0.5, 0.6) is 0 Å². The van der Waals surface area contributed by atoms with Crippen LogP contribution in [0, 0.1) is 11.8 Å². The minimum absolute atomic E-state index is 0. The Morgan fingerprint density at radius 3 is 2.67 bits per heavy atom. The van der Waals surface area contributed by atoms with Crippen molar-refractivity contribution in [2.45, 2.75) is 0 Å². The molecule has 2 atom stereocenters. The van der Waals surface area contributed by atoms with E-state index in [2.05, 4.69) is 9.88 Å². The number of amides is 1. The number of nitrogens with zero attached hydrogens (tertiary/aromatic N) is 3. The third-order valence-electron chi connectivity index (χ3n) is 4.80. The van der Waals surface area contributed by atoms with Crippen molar-refractivity contribution in [1.82, 2.24) is 9.88 Å². The van der Waals surface area contributed by atoms with E-state index in [0.717, 1.165) is 18.9 Å². The zero-order chi connectivity index (χ0) is 15.8. The first-order chi connectivity index (χ1) is 11.2. The van der Waals surface area contributed by atoms with Gasteiger partial charge < -0.3 is 19.3 Å². The summed E-state index contributed by atoms with van der Waals surface area (Å²) in [6.45, 7) is 4.51. The van der Waals surface area contributed by atoms with E-state index in [-0.39, 0.29) is 36.1 Å². The zero-order valence-corrected chi connectivity index (χ0v) is 14.0. The third kappa shape index (κ3) is 3.06. The van der Waals surface area contributed by atoms with Crippen LogP contribution in [-0.2, 0) is 14.3 Å². The maximum absolute atomic E-state index is 12.6. The maximum atomic E-state index is 12.6. The van der Waals surface area contributed by atoms with Crippen molar-refractivity contribution in [3.8, 4) is 0 Å². The molecule has 0 radical (unpaired) electrons. The molecule has 0 N–H and O–H groups in total. The largest absolute Gasteiger partial charge is 0.465 e. The second-order valence-corrected chi connectivity index (χ2v) is 6.21. The molecule has 3 saturated heterocycles. The van der Waals surface area contributed by atoms with E-state index in [9.17, 15) is 9.59 Å². The quantitative estimate of drug-likeness (QED) is 0.724. The Hall–Kier alpha value is -1.86. The van der Waals surface area contributed by atoms with Crippen molar-refractivity contribution in [2.24, 2.45) is 11.8 Å². The van der Waals surface area contributed by atoms with E-state index >= 15 is 0 Å². The van der Waals surface area contributed by atoms with E-state index in [4.69, 9.17) is 9.47 Å². The number of ether oxygens (including phenoxy) is 2. The molecule has 0 bridgehead atoms. The van der Waals surface area contributed by atoms with E-state index in [1.54, 1.807) is 11.1 Å². The number of morpholine rings is 1. The lowest BCUT2D eigenvalue weighted by molar-refractivity contribution is -0.141. The molecule has 0 unspecified atom stereocenters. The molecule has 4 rings (SSSR count). The Morgan fingerprint density at radius 2 is 2.00 bits per heavy atom. The lowest BCUT2D eigenvalue weighted by Gasteiger charge is -2.27. The van der Waals surface area contributed by atoms with Gasteiger partial charge >= 0.3 is 5.97 Å². The number of carbonyl (C=O) groups is 2. The fraction of sp³-hybridized carbons (Fsp3) is 0.562. The van der Waals surface area contributed by atoms with Gasteiger partial charge in [-0.25, -0.2) is 4.98 Å². The molecule has 3 fully saturated rings. The molecule has 4 heterocycles. The number of anilines is 1. The molecule has 3 aliphatic heterocycles. The Bertz CT molecular complexity index is 618. The Morgan fingerprint density at radius 1 is 1.21 bits per heavy atom. The van der Waals surface area contributed by atoms with Crippen molar-refractivity contribution in [3.05, 3.63) is 23.9 Å². The Kier molecular flexibility index (Phi) is 4.91. The first-order valence-corrected chi connectivity index (χ1v) is 7.97. The van der Waals surface area contributed by atoms with Crippen LogP contribution in [-0.4, -0.2) is 67.8 Å². The summed E-state index contributed by atoms with van der Waals surface area (Å²) in [4.78, 5) is 32.5. The molecule has 1 aromatic rings. The Labute approximate surface area is 146 Å². The van der Waals surface area contributed by atoms with Crippen LogP contribution in [0.25, 0.3) is 0 Å². The van der Waals surface area contributed by atoms with Crippen molar-refractivity contribution < 1.29 is 19.1 Å². The molecule has 7 nitrogen and oxygen atoms in total. The summed E-state index contributed by atoms with van der Waals surface area (Å²) in [6, 6.07) is 3.69. The number of likely N-dealkylation sites (tertiary alicyclic amines) is 1. The van der Waals surface area contributed by atoms with Crippen molar-refractivity contribution >= 4 is 30.1 Å². The van der Waals surface area contributed by atoms with Crippen LogP contribution in [0.3, 0.4) is 0 Å². The summed E-state index contributed by atoms with van der Waals surface area (Å²) in [7, 11) is 0. The molecular formula is C16H20ClN3O4. The van der Waals surface area contributed by atoms with Crippen molar-refractivity contribution in [1.29, 1.82) is 0 Å². The van der Waals surface area contributed by atoms with Crippen LogP contribution in [0.1, 0.15) is 10.4 Å². The SMILES string of the molecule is Cl.O=C1OC[C@H]2CN(C(=O)c3ccc(N4CCOCC4)nc3)C[C@@H]12. The van der Waals surface area contributed by atoms with Crippen LogP contribution < -0.4 is 4.90 Å². The summed E-state index contributed by atoms with van der Waals surface area (Å²) >= 11 is 0. The van der Waals surface area contributed by atoms with Gasteiger partial charge in [-0.1, -0.05) is 0 Å². The Balaban J connectivity index is 0.00000169. The van der Waals surface area contributed by atoms with E-state index in [1.807, 2.05) is 12.1 Å². The highest BCUT2D eigenvalue weighted by Gasteiger charge is 2.45. The van der Waals surface area contributed by atoms with E-state index in [1.165, 1.54) is 0 Å². The second kappa shape index (κ2) is 6.94. The van der Waals surface area contributed by atoms with E-state index in [0.29, 0.717) is 38.5 Å². The maximum Gasteiger partial charge on any atom is 0.311 e. The normalized spacial score (nSPS) is 25.9. The number of esters is 1. The minimum Gasteiger partial charge on any atom is -0.465 e. The average Bonchev–Trinajstić information content (AvgIpc) is 3.18. The smallest absolute Gasteiger partial charge is 0.311 e. The number of carbonyl (C=O) groups excluding carboxylic acids is 2. The van der Waals surface area contributed by atoms with Gasteiger partial charge in [0.1, 0.15) is 5.82 Å². The average molecular weight is 354 g/mol. The molecule has 0 spiro atoms. The van der Waals surface area contributed by atoms with Crippen LogP contribution >= 0.6 is 12.4 Å². The number of rotatable bonds is 2. The number of pyridine rings is 1. The zero-order valence-electron chi connectivity index (χ0n) is 13.2. The number of hydrogen-bond donors (Lipinski definition) is 0. The number of halogens is 1. The highest BCUT2D eigenvalue weighted by atomic mass is 35.5. The lowest BCUT2D eigenvalue weighted by Crippen LogP contribution is -2.36. The van der Waals surface area contributed by atoms with Crippen LogP contribution in [0.2, 0.25) is 0 Å². The number of fused-ring (bicyclic) bond motifs is 1. The molecule has 1 aromatic heterocycles. The summed E-state index contributed by atoms with van der Waals surface area (Å²) in [5.74, 6) is 0.623. The lowest BCUT2D eigenvalue weighted by atomic mass is 10.0. The number of hydrogen-bond acceptors (Lipinski definition) is 6. The highest BCUT2D eigenvalue weighted by molar-refractivity contribution is 5.95. The van der Waals surface area contributed by atoms with Gasteiger partial charge in [-0.3, -0.25) is 9.59 Å². The van der Waals surface area contributed by atoms with Gasteiger partial charge in [0.25, 0.3) is 5.91 Å². The van der Waals surface area contributed by atoms with Gasteiger partial charge in [0.05, 0.1) is 31.3 Å². The number of aromatic nitrogens is 1. The van der Waals surface area contributed by atoms with Gasteiger partial charge in [0, 0.05) is 38.3 Å². The minimum atomic E-state index is -0.175. The third-order valence-corrected chi connectivity index (χ3v) is 4.80. The fourth-order valence-corrected chi connectivity index (χ4v) is 3.44. The molecule has 130 valence electrons. The fourth-order valence-electron chi connectivity index (χ4n) is 3.44. The summed E-state index contributed by atoms with van der Waals surface area (Å²) in [5.41, 5.74) is 0.565. The van der Waals surface area contributed by atoms with Crippen LogP contribution in [0.4, 0.5) is 5.82 Å². The monoisotopic (exact) mass is 353 g/mol. The molecule has 0 aliphatic carbocycles. The summed E-state index contributed by atoms with van der Waals surface area (Å²) in [5, 5.41) is 0. The van der Waals surface area contributed by atoms with Crippen molar-refractivity contribution in [2.75, 3.05) is 50.9 Å². The van der Waals surface area contributed by atoms with Crippen molar-refractivity contribution in [3.63, 3.8) is 0 Å². The highest BCUT2D eigenvalue weighted by Crippen LogP contribution is 2.31. The van der Waals surface area contributed by atoms with E-state index < -0.39 is 0 Å². The molecule has 0 aromatic carbocycles.